The number of carbonyl (C=O) groups is 2. The van der Waals surface area contributed by atoms with Crippen LogP contribution in [0.15, 0.2) is 18.2 Å². The number of morpholine rings is 1. The highest BCUT2D eigenvalue weighted by molar-refractivity contribution is 5.95. The van der Waals surface area contributed by atoms with E-state index in [1.54, 1.807) is 12.1 Å². The highest BCUT2D eigenvalue weighted by atomic mass is 16.5. The maximum absolute atomic E-state index is 12.4. The number of aryl methyl sites for hydroxylation is 1. The second kappa shape index (κ2) is 5.79. The van der Waals surface area contributed by atoms with Crippen LogP contribution in [0.1, 0.15) is 16.2 Å². The standard InChI is InChI=1S/C13H16N2O4/c1-9-4-3-5-10(14-9)12(16)15-6-7-19-8-11(15)13(17)18-2/h3-5,11H,6-8H2,1-2H3. The van der Waals surface area contributed by atoms with Crippen LogP contribution < -0.4 is 0 Å². The molecule has 1 aliphatic heterocycles. The molecule has 2 heterocycles. The molecule has 19 heavy (non-hydrogen) atoms. The fraction of sp³-hybridized carbons (Fsp3) is 0.462. The van der Waals surface area contributed by atoms with Crippen LogP contribution >= 0.6 is 0 Å². The summed E-state index contributed by atoms with van der Waals surface area (Å²) in [5.74, 6) is -0.747. The number of ether oxygens (including phenoxy) is 2. The van der Waals surface area contributed by atoms with Crippen molar-refractivity contribution in [2.24, 2.45) is 0 Å². The average Bonchev–Trinajstić information content (AvgIpc) is 2.45. The Morgan fingerprint density at radius 2 is 2.26 bits per heavy atom. The van der Waals surface area contributed by atoms with Crippen molar-refractivity contribution >= 4 is 11.9 Å². The van der Waals surface area contributed by atoms with E-state index in [2.05, 4.69) is 4.98 Å². The zero-order valence-corrected chi connectivity index (χ0v) is 11.0. The highest BCUT2D eigenvalue weighted by Crippen LogP contribution is 2.13. The second-order valence-electron chi connectivity index (χ2n) is 4.28. The molecule has 6 nitrogen and oxygen atoms in total. The predicted molar refractivity (Wildman–Crippen MR) is 66.6 cm³/mol. The van der Waals surface area contributed by atoms with Gasteiger partial charge in [-0.15, -0.1) is 0 Å². The zero-order valence-electron chi connectivity index (χ0n) is 11.0. The Labute approximate surface area is 111 Å². The molecule has 2 rings (SSSR count). The second-order valence-corrected chi connectivity index (χ2v) is 4.28. The van der Waals surface area contributed by atoms with Crippen molar-refractivity contribution in [1.82, 2.24) is 9.88 Å². The summed E-state index contributed by atoms with van der Waals surface area (Å²) < 4.78 is 9.93. The average molecular weight is 264 g/mol. The molecule has 0 N–H and O–H groups in total. The topological polar surface area (TPSA) is 68.7 Å². The quantitative estimate of drug-likeness (QED) is 0.723. The van der Waals surface area contributed by atoms with Gasteiger partial charge in [0.1, 0.15) is 5.69 Å². The third-order valence-corrected chi connectivity index (χ3v) is 2.97. The van der Waals surface area contributed by atoms with Gasteiger partial charge in [0.2, 0.25) is 0 Å². The fourth-order valence-corrected chi connectivity index (χ4v) is 1.99. The first kappa shape index (κ1) is 13.5. The first-order valence-corrected chi connectivity index (χ1v) is 6.03. The number of rotatable bonds is 2. The van der Waals surface area contributed by atoms with Crippen molar-refractivity contribution in [3.05, 3.63) is 29.6 Å². The molecule has 1 unspecified atom stereocenters. The summed E-state index contributed by atoms with van der Waals surface area (Å²) in [6, 6.07) is 4.52. The van der Waals surface area contributed by atoms with Crippen LogP contribution in [-0.2, 0) is 14.3 Å². The van der Waals surface area contributed by atoms with Gasteiger partial charge in [-0.1, -0.05) is 6.07 Å². The summed E-state index contributed by atoms with van der Waals surface area (Å²) in [7, 11) is 1.30. The van der Waals surface area contributed by atoms with Gasteiger partial charge in [-0.2, -0.15) is 0 Å². The van der Waals surface area contributed by atoms with E-state index < -0.39 is 12.0 Å². The van der Waals surface area contributed by atoms with E-state index in [0.29, 0.717) is 18.8 Å². The van der Waals surface area contributed by atoms with E-state index in [1.807, 2.05) is 13.0 Å². The van der Waals surface area contributed by atoms with Crippen LogP contribution in [0.4, 0.5) is 0 Å². The molecule has 1 aliphatic rings. The number of aromatic nitrogens is 1. The Balaban J connectivity index is 2.22. The molecule has 0 bridgehead atoms. The van der Waals surface area contributed by atoms with E-state index >= 15 is 0 Å². The van der Waals surface area contributed by atoms with Gasteiger partial charge in [-0.3, -0.25) is 4.79 Å². The van der Waals surface area contributed by atoms with Gasteiger partial charge in [-0.25, -0.2) is 9.78 Å². The predicted octanol–water partition coefficient (Wildman–Crippen LogP) is 0.404. The number of carbonyl (C=O) groups excluding carboxylic acids is 2. The van der Waals surface area contributed by atoms with Crippen molar-refractivity contribution in [1.29, 1.82) is 0 Å². The Kier molecular flexibility index (Phi) is 4.11. The Hall–Kier alpha value is -1.95. The number of amides is 1. The Bertz CT molecular complexity index is 489. The maximum atomic E-state index is 12.4. The molecule has 1 aromatic heterocycles. The first-order chi connectivity index (χ1) is 9.13. The monoisotopic (exact) mass is 264 g/mol. The lowest BCUT2D eigenvalue weighted by atomic mass is 10.2. The van der Waals surface area contributed by atoms with E-state index in [-0.39, 0.29) is 12.5 Å². The van der Waals surface area contributed by atoms with E-state index in [0.717, 1.165) is 5.69 Å². The van der Waals surface area contributed by atoms with Crippen LogP contribution in [0.2, 0.25) is 0 Å². The van der Waals surface area contributed by atoms with E-state index in [9.17, 15) is 9.59 Å². The smallest absolute Gasteiger partial charge is 0.331 e. The van der Waals surface area contributed by atoms with Crippen LogP contribution in [0.25, 0.3) is 0 Å². The molecule has 0 aromatic carbocycles. The molecule has 0 radical (unpaired) electrons. The molecular formula is C13H16N2O4. The van der Waals surface area contributed by atoms with Gasteiger partial charge in [-0.05, 0) is 19.1 Å². The first-order valence-electron chi connectivity index (χ1n) is 6.03. The van der Waals surface area contributed by atoms with Crippen LogP contribution in [0, 0.1) is 6.92 Å². The number of pyridine rings is 1. The maximum Gasteiger partial charge on any atom is 0.331 e. The third kappa shape index (κ3) is 2.90. The molecule has 0 aliphatic carbocycles. The normalized spacial score (nSPS) is 19.1. The number of hydrogen-bond acceptors (Lipinski definition) is 5. The van der Waals surface area contributed by atoms with Gasteiger partial charge in [0.15, 0.2) is 6.04 Å². The van der Waals surface area contributed by atoms with Crippen molar-refractivity contribution in [2.75, 3.05) is 26.9 Å². The van der Waals surface area contributed by atoms with Crippen LogP contribution in [-0.4, -0.2) is 54.7 Å². The number of esters is 1. The van der Waals surface area contributed by atoms with Crippen molar-refractivity contribution < 1.29 is 19.1 Å². The molecule has 0 saturated carbocycles. The van der Waals surface area contributed by atoms with Gasteiger partial charge in [0, 0.05) is 12.2 Å². The van der Waals surface area contributed by atoms with Crippen molar-refractivity contribution in [3.63, 3.8) is 0 Å². The SMILES string of the molecule is COC(=O)C1COCCN1C(=O)c1cccc(C)n1. The van der Waals surface area contributed by atoms with E-state index in [4.69, 9.17) is 9.47 Å². The molecule has 102 valence electrons. The van der Waals surface area contributed by atoms with Crippen molar-refractivity contribution in [3.8, 4) is 0 Å². The molecule has 1 atom stereocenters. The summed E-state index contributed by atoms with van der Waals surface area (Å²) in [5.41, 5.74) is 1.09. The summed E-state index contributed by atoms with van der Waals surface area (Å²) in [4.78, 5) is 29.7. The molecule has 1 fully saturated rings. The molecule has 6 heteroatoms. The third-order valence-electron chi connectivity index (χ3n) is 2.97. The largest absolute Gasteiger partial charge is 0.467 e. The lowest BCUT2D eigenvalue weighted by molar-refractivity contribution is -0.151. The Morgan fingerprint density at radius 1 is 1.47 bits per heavy atom. The summed E-state index contributed by atoms with van der Waals surface area (Å²) >= 11 is 0. The lowest BCUT2D eigenvalue weighted by Gasteiger charge is -2.33. The summed E-state index contributed by atoms with van der Waals surface area (Å²) in [5, 5.41) is 0. The lowest BCUT2D eigenvalue weighted by Crippen LogP contribution is -2.53. The fourth-order valence-electron chi connectivity index (χ4n) is 1.99. The molecular weight excluding hydrogens is 248 g/mol. The van der Waals surface area contributed by atoms with E-state index in [1.165, 1.54) is 12.0 Å². The van der Waals surface area contributed by atoms with Gasteiger partial charge in [0.25, 0.3) is 5.91 Å². The number of hydrogen-bond donors (Lipinski definition) is 0. The van der Waals surface area contributed by atoms with Crippen LogP contribution in [0.3, 0.4) is 0 Å². The van der Waals surface area contributed by atoms with Gasteiger partial charge >= 0.3 is 5.97 Å². The minimum atomic E-state index is -0.700. The highest BCUT2D eigenvalue weighted by Gasteiger charge is 2.34. The molecule has 1 aromatic rings. The zero-order chi connectivity index (χ0) is 13.8. The van der Waals surface area contributed by atoms with Gasteiger partial charge in [0.05, 0.1) is 20.3 Å². The summed E-state index contributed by atoms with van der Waals surface area (Å²) in [6.45, 7) is 2.73. The number of nitrogens with zero attached hydrogens (tertiary/aromatic N) is 2. The molecule has 1 saturated heterocycles. The van der Waals surface area contributed by atoms with Crippen molar-refractivity contribution in [2.45, 2.75) is 13.0 Å². The minimum absolute atomic E-state index is 0.157. The minimum Gasteiger partial charge on any atom is -0.467 e. The molecule has 0 spiro atoms. The summed E-state index contributed by atoms with van der Waals surface area (Å²) in [6.07, 6.45) is 0. The number of methoxy groups -OCH3 is 1. The Morgan fingerprint density at radius 3 is 2.95 bits per heavy atom. The van der Waals surface area contributed by atoms with Crippen LogP contribution in [0.5, 0.6) is 0 Å². The molecule has 1 amide bonds. The van der Waals surface area contributed by atoms with Gasteiger partial charge < -0.3 is 14.4 Å².